The van der Waals surface area contributed by atoms with Gasteiger partial charge in [0.15, 0.2) is 0 Å². The highest BCUT2D eigenvalue weighted by Crippen LogP contribution is 2.32. The molecule has 1 aliphatic rings. The van der Waals surface area contributed by atoms with E-state index in [9.17, 15) is 4.79 Å². The number of ether oxygens (including phenoxy) is 2. The smallest absolute Gasteiger partial charge is 0.252 e. The molecular formula is C19H23N3O3. The standard InChI is InChI=1S/C19H23N3O3/c1-24-15-4-2-13(3-5-15)16-6-8-21-10-14(16)12-25-18-11-22-9-7-17(18)19(20)23/h2-5,7,9,11,14,16,21H,6,8,10,12H2,1H3,(H2,20,23)/t14-,16-/m0/s1. The first-order valence-corrected chi connectivity index (χ1v) is 8.40. The van der Waals surface area contributed by atoms with E-state index in [0.29, 0.717) is 29.8 Å². The molecule has 6 nitrogen and oxygen atoms in total. The molecule has 6 heteroatoms. The number of rotatable bonds is 6. The highest BCUT2D eigenvalue weighted by atomic mass is 16.5. The number of amides is 1. The zero-order valence-corrected chi connectivity index (χ0v) is 14.3. The van der Waals surface area contributed by atoms with Gasteiger partial charge in [-0.15, -0.1) is 0 Å². The lowest BCUT2D eigenvalue weighted by molar-refractivity contribution is 0.0994. The Balaban J connectivity index is 1.72. The summed E-state index contributed by atoms with van der Waals surface area (Å²) in [4.78, 5) is 15.5. The third-order valence-corrected chi connectivity index (χ3v) is 4.65. The molecule has 1 saturated heterocycles. The van der Waals surface area contributed by atoms with Crippen LogP contribution in [0.3, 0.4) is 0 Å². The lowest BCUT2D eigenvalue weighted by atomic mass is 9.81. The highest BCUT2D eigenvalue weighted by Gasteiger charge is 2.27. The van der Waals surface area contributed by atoms with Gasteiger partial charge in [0.25, 0.3) is 5.91 Å². The fourth-order valence-corrected chi connectivity index (χ4v) is 3.28. The normalized spacial score (nSPS) is 20.0. The fraction of sp³-hybridized carbons (Fsp3) is 0.368. The monoisotopic (exact) mass is 341 g/mol. The van der Waals surface area contributed by atoms with E-state index in [1.54, 1.807) is 19.4 Å². The van der Waals surface area contributed by atoms with Crippen molar-refractivity contribution in [3.05, 3.63) is 53.9 Å². The predicted octanol–water partition coefficient (Wildman–Crippen LogP) is 1.96. The minimum atomic E-state index is -0.508. The van der Waals surface area contributed by atoms with Gasteiger partial charge in [-0.05, 0) is 42.6 Å². The maximum absolute atomic E-state index is 11.5. The van der Waals surface area contributed by atoms with E-state index in [4.69, 9.17) is 15.2 Å². The van der Waals surface area contributed by atoms with Gasteiger partial charge in [-0.25, -0.2) is 0 Å². The van der Waals surface area contributed by atoms with Gasteiger partial charge in [-0.2, -0.15) is 0 Å². The number of piperidine rings is 1. The molecule has 0 unspecified atom stereocenters. The van der Waals surface area contributed by atoms with Crippen molar-refractivity contribution < 1.29 is 14.3 Å². The Morgan fingerprint density at radius 1 is 1.32 bits per heavy atom. The van der Waals surface area contributed by atoms with E-state index in [-0.39, 0.29) is 0 Å². The first-order chi connectivity index (χ1) is 12.2. The summed E-state index contributed by atoms with van der Waals surface area (Å²) in [6.07, 6.45) is 4.12. The number of nitrogens with two attached hydrogens (primary N) is 1. The molecule has 0 spiro atoms. The summed E-state index contributed by atoms with van der Waals surface area (Å²) in [6.45, 7) is 2.34. The SMILES string of the molecule is COc1ccc([C@@H]2CCNC[C@H]2COc2cnccc2C(N)=O)cc1. The Bertz CT molecular complexity index is 718. The summed E-state index contributed by atoms with van der Waals surface area (Å²) in [7, 11) is 1.67. The first kappa shape index (κ1) is 17.2. The lowest BCUT2D eigenvalue weighted by Crippen LogP contribution is -2.38. The van der Waals surface area contributed by atoms with Crippen molar-refractivity contribution in [3.8, 4) is 11.5 Å². The zero-order chi connectivity index (χ0) is 17.6. The van der Waals surface area contributed by atoms with E-state index in [1.165, 1.54) is 11.8 Å². The van der Waals surface area contributed by atoms with Crippen molar-refractivity contribution in [1.29, 1.82) is 0 Å². The molecule has 0 saturated carbocycles. The average Bonchev–Trinajstić information content (AvgIpc) is 2.67. The second-order valence-electron chi connectivity index (χ2n) is 6.18. The fourth-order valence-electron chi connectivity index (χ4n) is 3.28. The number of carbonyl (C=O) groups is 1. The van der Waals surface area contributed by atoms with Crippen molar-refractivity contribution in [1.82, 2.24) is 10.3 Å². The van der Waals surface area contributed by atoms with Gasteiger partial charge in [0.2, 0.25) is 0 Å². The molecule has 1 amide bonds. The van der Waals surface area contributed by atoms with Crippen LogP contribution in [0.1, 0.15) is 28.3 Å². The van der Waals surface area contributed by atoms with Crippen LogP contribution in [0.15, 0.2) is 42.7 Å². The van der Waals surface area contributed by atoms with Crippen LogP contribution in [0, 0.1) is 5.92 Å². The third-order valence-electron chi connectivity index (χ3n) is 4.65. The van der Waals surface area contributed by atoms with E-state index in [2.05, 4.69) is 22.4 Å². The largest absolute Gasteiger partial charge is 0.497 e. The molecule has 0 aliphatic carbocycles. The third kappa shape index (κ3) is 4.09. The molecule has 1 aromatic carbocycles. The second kappa shape index (κ2) is 7.98. The number of nitrogens with zero attached hydrogens (tertiary/aromatic N) is 1. The average molecular weight is 341 g/mol. The summed E-state index contributed by atoms with van der Waals surface area (Å²) >= 11 is 0. The van der Waals surface area contributed by atoms with E-state index >= 15 is 0 Å². The molecule has 3 N–H and O–H groups in total. The minimum absolute atomic E-state index is 0.295. The van der Waals surface area contributed by atoms with Crippen LogP contribution in [0.2, 0.25) is 0 Å². The number of nitrogens with one attached hydrogen (secondary N) is 1. The summed E-state index contributed by atoms with van der Waals surface area (Å²) in [5, 5.41) is 3.42. The number of hydrogen-bond donors (Lipinski definition) is 2. The molecule has 3 rings (SSSR count). The maximum Gasteiger partial charge on any atom is 0.252 e. The Labute approximate surface area is 147 Å². The van der Waals surface area contributed by atoms with Gasteiger partial charge in [0.1, 0.15) is 11.5 Å². The van der Waals surface area contributed by atoms with Crippen molar-refractivity contribution in [2.24, 2.45) is 11.7 Å². The van der Waals surface area contributed by atoms with Crippen molar-refractivity contribution in [2.45, 2.75) is 12.3 Å². The van der Waals surface area contributed by atoms with Gasteiger partial charge in [-0.3, -0.25) is 9.78 Å². The Kier molecular flexibility index (Phi) is 5.50. The molecule has 0 bridgehead atoms. The van der Waals surface area contributed by atoms with E-state index in [1.807, 2.05) is 12.1 Å². The minimum Gasteiger partial charge on any atom is -0.497 e. The quantitative estimate of drug-likeness (QED) is 0.839. The Hall–Kier alpha value is -2.60. The van der Waals surface area contributed by atoms with Crippen LogP contribution in [0.4, 0.5) is 0 Å². The second-order valence-corrected chi connectivity index (χ2v) is 6.18. The van der Waals surface area contributed by atoms with Gasteiger partial charge < -0.3 is 20.5 Å². The molecule has 1 fully saturated rings. The Morgan fingerprint density at radius 3 is 2.84 bits per heavy atom. The summed E-state index contributed by atoms with van der Waals surface area (Å²) in [5.41, 5.74) is 7.03. The van der Waals surface area contributed by atoms with E-state index < -0.39 is 5.91 Å². The number of carbonyl (C=O) groups excluding carboxylic acids is 1. The molecule has 25 heavy (non-hydrogen) atoms. The van der Waals surface area contributed by atoms with E-state index in [0.717, 1.165) is 25.3 Å². The van der Waals surface area contributed by atoms with Gasteiger partial charge in [-0.1, -0.05) is 12.1 Å². The number of methoxy groups -OCH3 is 1. The van der Waals surface area contributed by atoms with Crippen LogP contribution >= 0.6 is 0 Å². The van der Waals surface area contributed by atoms with Crippen LogP contribution in [0.25, 0.3) is 0 Å². The molecule has 0 radical (unpaired) electrons. The summed E-state index contributed by atoms with van der Waals surface area (Å²) in [6, 6.07) is 9.78. The van der Waals surface area contributed by atoms with Crippen LogP contribution in [-0.2, 0) is 0 Å². The summed E-state index contributed by atoms with van der Waals surface area (Å²) < 4.78 is 11.1. The molecule has 1 aromatic heterocycles. The molecule has 2 atom stereocenters. The number of primary amides is 1. The zero-order valence-electron chi connectivity index (χ0n) is 14.3. The van der Waals surface area contributed by atoms with Gasteiger partial charge in [0, 0.05) is 18.7 Å². The number of pyridine rings is 1. The van der Waals surface area contributed by atoms with Crippen LogP contribution in [-0.4, -0.2) is 37.7 Å². The highest BCUT2D eigenvalue weighted by molar-refractivity contribution is 5.95. The van der Waals surface area contributed by atoms with Crippen LogP contribution < -0.4 is 20.5 Å². The number of hydrogen-bond acceptors (Lipinski definition) is 5. The summed E-state index contributed by atoms with van der Waals surface area (Å²) in [5.74, 6) is 1.47. The molecule has 132 valence electrons. The molecular weight excluding hydrogens is 318 g/mol. The van der Waals surface area contributed by atoms with Crippen molar-refractivity contribution in [3.63, 3.8) is 0 Å². The molecule has 2 heterocycles. The van der Waals surface area contributed by atoms with Gasteiger partial charge >= 0.3 is 0 Å². The van der Waals surface area contributed by atoms with Gasteiger partial charge in [0.05, 0.1) is 25.5 Å². The Morgan fingerprint density at radius 2 is 2.12 bits per heavy atom. The topological polar surface area (TPSA) is 86.5 Å². The first-order valence-electron chi connectivity index (χ1n) is 8.40. The maximum atomic E-state index is 11.5. The predicted molar refractivity (Wildman–Crippen MR) is 95.0 cm³/mol. The van der Waals surface area contributed by atoms with Crippen LogP contribution in [0.5, 0.6) is 11.5 Å². The number of aromatic nitrogens is 1. The number of benzene rings is 1. The molecule has 2 aromatic rings. The lowest BCUT2D eigenvalue weighted by Gasteiger charge is -2.32. The molecule has 1 aliphatic heterocycles. The van der Waals surface area contributed by atoms with Crippen molar-refractivity contribution >= 4 is 5.91 Å². The van der Waals surface area contributed by atoms with Crippen molar-refractivity contribution in [2.75, 3.05) is 26.8 Å².